The molecule has 1 aromatic carbocycles. The Morgan fingerprint density at radius 1 is 1.21 bits per heavy atom. The van der Waals surface area contributed by atoms with Gasteiger partial charge in [0.05, 0.1) is 32.1 Å². The SMILES string of the molecule is COC(=O)C1=C(C(=O)OC)N(c2cc(C(N)=O)ccc2F)COC1. The van der Waals surface area contributed by atoms with Crippen LogP contribution in [0.1, 0.15) is 10.4 Å². The number of esters is 2. The molecule has 1 aliphatic rings. The van der Waals surface area contributed by atoms with Crippen LogP contribution >= 0.6 is 0 Å². The first-order valence-corrected chi connectivity index (χ1v) is 6.75. The highest BCUT2D eigenvalue weighted by atomic mass is 19.1. The molecular weight excluding hydrogens is 323 g/mol. The number of hydrogen-bond acceptors (Lipinski definition) is 7. The maximum Gasteiger partial charge on any atom is 0.355 e. The number of halogens is 1. The number of benzene rings is 1. The topological polar surface area (TPSA) is 108 Å². The van der Waals surface area contributed by atoms with Crippen LogP contribution in [0.4, 0.5) is 10.1 Å². The van der Waals surface area contributed by atoms with Crippen LogP contribution in [-0.4, -0.2) is 45.4 Å². The van der Waals surface area contributed by atoms with E-state index < -0.39 is 23.7 Å². The molecule has 1 amide bonds. The predicted octanol–water partition coefficient (Wildman–Crippen LogP) is 0.319. The number of rotatable bonds is 4. The van der Waals surface area contributed by atoms with Crippen molar-refractivity contribution in [2.24, 2.45) is 5.73 Å². The van der Waals surface area contributed by atoms with E-state index in [9.17, 15) is 18.8 Å². The summed E-state index contributed by atoms with van der Waals surface area (Å²) in [6.45, 7) is -0.436. The van der Waals surface area contributed by atoms with Crippen molar-refractivity contribution in [3.63, 3.8) is 0 Å². The van der Waals surface area contributed by atoms with Crippen LogP contribution < -0.4 is 10.6 Å². The molecule has 1 aromatic rings. The molecule has 0 fully saturated rings. The van der Waals surface area contributed by atoms with Crippen LogP contribution in [-0.2, 0) is 23.8 Å². The van der Waals surface area contributed by atoms with E-state index in [1.807, 2.05) is 0 Å². The number of nitrogens with zero attached hydrogens (tertiary/aromatic N) is 1. The molecule has 128 valence electrons. The summed E-state index contributed by atoms with van der Waals surface area (Å²) in [4.78, 5) is 36.4. The number of nitrogens with two attached hydrogens (primary N) is 1. The van der Waals surface area contributed by atoms with Gasteiger partial charge in [0.2, 0.25) is 5.91 Å². The highest BCUT2D eigenvalue weighted by molar-refractivity contribution is 6.03. The van der Waals surface area contributed by atoms with Gasteiger partial charge in [0.15, 0.2) is 0 Å². The molecule has 8 nitrogen and oxygen atoms in total. The normalized spacial score (nSPS) is 14.4. The van der Waals surface area contributed by atoms with Crippen molar-refractivity contribution in [1.82, 2.24) is 0 Å². The first-order chi connectivity index (χ1) is 11.4. The molecule has 1 aliphatic heterocycles. The molecule has 2 rings (SSSR count). The van der Waals surface area contributed by atoms with Crippen molar-refractivity contribution in [3.05, 3.63) is 40.8 Å². The van der Waals surface area contributed by atoms with Crippen LogP contribution in [0.2, 0.25) is 0 Å². The summed E-state index contributed by atoms with van der Waals surface area (Å²) < 4.78 is 28.7. The second kappa shape index (κ2) is 7.09. The number of carbonyl (C=O) groups is 3. The van der Waals surface area contributed by atoms with E-state index in [1.54, 1.807) is 0 Å². The zero-order valence-electron chi connectivity index (χ0n) is 13.0. The Kier molecular flexibility index (Phi) is 5.14. The first kappa shape index (κ1) is 17.4. The van der Waals surface area contributed by atoms with Gasteiger partial charge in [-0.05, 0) is 18.2 Å². The fourth-order valence-electron chi connectivity index (χ4n) is 2.21. The van der Waals surface area contributed by atoms with Gasteiger partial charge in [-0.3, -0.25) is 4.79 Å². The number of carbonyl (C=O) groups excluding carboxylic acids is 3. The number of methoxy groups -OCH3 is 2. The van der Waals surface area contributed by atoms with Gasteiger partial charge in [0.1, 0.15) is 18.2 Å². The van der Waals surface area contributed by atoms with Gasteiger partial charge in [0, 0.05) is 5.56 Å². The van der Waals surface area contributed by atoms with Crippen molar-refractivity contribution < 1.29 is 33.0 Å². The average Bonchev–Trinajstić information content (AvgIpc) is 2.59. The molecule has 0 atom stereocenters. The first-order valence-electron chi connectivity index (χ1n) is 6.75. The molecule has 0 aromatic heterocycles. The fraction of sp³-hybridized carbons (Fsp3) is 0.267. The van der Waals surface area contributed by atoms with Crippen LogP contribution in [0.5, 0.6) is 0 Å². The summed E-state index contributed by atoms with van der Waals surface area (Å²) in [5.74, 6) is -3.20. The minimum Gasteiger partial charge on any atom is -0.466 e. The Labute approximate surface area is 136 Å². The molecule has 9 heteroatoms. The fourth-order valence-corrected chi connectivity index (χ4v) is 2.21. The molecule has 1 heterocycles. The van der Waals surface area contributed by atoms with Gasteiger partial charge < -0.3 is 24.8 Å². The van der Waals surface area contributed by atoms with E-state index >= 15 is 0 Å². The summed E-state index contributed by atoms with van der Waals surface area (Å²) >= 11 is 0. The third kappa shape index (κ3) is 3.20. The van der Waals surface area contributed by atoms with Gasteiger partial charge in [-0.25, -0.2) is 14.0 Å². The van der Waals surface area contributed by atoms with E-state index in [4.69, 9.17) is 10.5 Å². The summed E-state index contributed by atoms with van der Waals surface area (Å²) in [5.41, 5.74) is 4.71. The standard InChI is InChI=1S/C15H15FN2O6/c1-22-14(20)9-6-24-7-18(12(9)15(21)23-2)11-5-8(13(17)19)3-4-10(11)16/h3-5H,6-7H2,1-2H3,(H2,17,19). The summed E-state index contributed by atoms with van der Waals surface area (Å²) in [6.07, 6.45) is 0. The lowest BCUT2D eigenvalue weighted by atomic mass is 10.1. The lowest BCUT2D eigenvalue weighted by molar-refractivity contribution is -0.140. The summed E-state index contributed by atoms with van der Waals surface area (Å²) in [6, 6.07) is 3.38. The molecule has 0 saturated carbocycles. The molecular formula is C15H15FN2O6. The third-order valence-corrected chi connectivity index (χ3v) is 3.35. The molecule has 0 saturated heterocycles. The molecule has 0 aliphatic carbocycles. The number of amides is 1. The van der Waals surface area contributed by atoms with Gasteiger partial charge in [0.25, 0.3) is 0 Å². The van der Waals surface area contributed by atoms with Crippen LogP contribution in [0.15, 0.2) is 29.5 Å². The van der Waals surface area contributed by atoms with Crippen LogP contribution in [0, 0.1) is 5.82 Å². The van der Waals surface area contributed by atoms with Gasteiger partial charge in [-0.2, -0.15) is 0 Å². The van der Waals surface area contributed by atoms with Gasteiger partial charge in [-0.1, -0.05) is 0 Å². The van der Waals surface area contributed by atoms with Crippen molar-refractivity contribution in [1.29, 1.82) is 0 Å². The minimum absolute atomic E-state index is 0.0285. The Hall–Kier alpha value is -2.94. The van der Waals surface area contributed by atoms with Crippen molar-refractivity contribution >= 4 is 23.5 Å². The Morgan fingerprint density at radius 3 is 2.46 bits per heavy atom. The van der Waals surface area contributed by atoms with E-state index in [0.29, 0.717) is 0 Å². The summed E-state index contributed by atoms with van der Waals surface area (Å²) in [5, 5.41) is 0. The number of hydrogen-bond donors (Lipinski definition) is 1. The lowest BCUT2D eigenvalue weighted by Gasteiger charge is -2.31. The van der Waals surface area contributed by atoms with E-state index in [-0.39, 0.29) is 35.9 Å². The Balaban J connectivity index is 2.63. The smallest absolute Gasteiger partial charge is 0.355 e. The van der Waals surface area contributed by atoms with E-state index in [1.165, 1.54) is 6.07 Å². The van der Waals surface area contributed by atoms with Crippen molar-refractivity contribution in [3.8, 4) is 0 Å². The maximum absolute atomic E-state index is 14.2. The Morgan fingerprint density at radius 2 is 1.88 bits per heavy atom. The lowest BCUT2D eigenvalue weighted by Crippen LogP contribution is -2.39. The molecule has 0 radical (unpaired) electrons. The van der Waals surface area contributed by atoms with Crippen LogP contribution in [0.3, 0.4) is 0 Å². The zero-order valence-corrected chi connectivity index (χ0v) is 13.0. The highest BCUT2D eigenvalue weighted by Gasteiger charge is 2.33. The molecule has 0 spiro atoms. The number of primary amides is 1. The zero-order chi connectivity index (χ0) is 17.9. The predicted molar refractivity (Wildman–Crippen MR) is 79.3 cm³/mol. The molecule has 0 unspecified atom stereocenters. The second-order valence-electron chi connectivity index (χ2n) is 4.75. The van der Waals surface area contributed by atoms with E-state index in [2.05, 4.69) is 9.47 Å². The quantitative estimate of drug-likeness (QED) is 0.788. The second-order valence-corrected chi connectivity index (χ2v) is 4.75. The largest absolute Gasteiger partial charge is 0.466 e. The highest BCUT2D eigenvalue weighted by Crippen LogP contribution is 2.29. The van der Waals surface area contributed by atoms with Crippen molar-refractivity contribution in [2.45, 2.75) is 0 Å². The van der Waals surface area contributed by atoms with Gasteiger partial charge in [-0.15, -0.1) is 0 Å². The average molecular weight is 338 g/mol. The summed E-state index contributed by atoms with van der Waals surface area (Å²) in [7, 11) is 2.26. The number of anilines is 1. The van der Waals surface area contributed by atoms with Crippen LogP contribution in [0.25, 0.3) is 0 Å². The molecule has 24 heavy (non-hydrogen) atoms. The molecule has 0 bridgehead atoms. The maximum atomic E-state index is 14.2. The van der Waals surface area contributed by atoms with E-state index in [0.717, 1.165) is 31.3 Å². The minimum atomic E-state index is -0.873. The Bertz CT molecular complexity index is 731. The molecule has 2 N–H and O–H groups in total. The van der Waals surface area contributed by atoms with Crippen molar-refractivity contribution in [2.75, 3.05) is 32.5 Å². The monoisotopic (exact) mass is 338 g/mol. The van der Waals surface area contributed by atoms with Gasteiger partial charge >= 0.3 is 11.9 Å². The number of ether oxygens (including phenoxy) is 3. The third-order valence-electron chi connectivity index (χ3n) is 3.35.